The Bertz CT molecular complexity index is 439. The van der Waals surface area contributed by atoms with E-state index in [4.69, 9.17) is 9.78 Å². The molecule has 3 nitrogen and oxygen atoms in total. The third-order valence-corrected chi connectivity index (χ3v) is 3.86. The molecule has 1 aromatic carbocycles. The maximum absolute atomic E-state index is 11.7. The van der Waals surface area contributed by atoms with Gasteiger partial charge in [0, 0.05) is 6.08 Å². The quantitative estimate of drug-likeness (QED) is 0.259. The molecular formula is C19H28O3. The van der Waals surface area contributed by atoms with Gasteiger partial charge in [-0.1, -0.05) is 69.9 Å². The molecule has 2 atom stereocenters. The van der Waals surface area contributed by atoms with Gasteiger partial charge in [-0.05, 0) is 30.9 Å². The fourth-order valence-corrected chi connectivity index (χ4v) is 2.39. The van der Waals surface area contributed by atoms with Crippen LogP contribution in [0, 0.1) is 5.92 Å². The number of unbranched alkanes of at least 4 members (excludes halogenated alkanes) is 2. The van der Waals surface area contributed by atoms with Crippen LogP contribution in [0.1, 0.15) is 58.4 Å². The van der Waals surface area contributed by atoms with Crippen molar-refractivity contribution in [1.82, 2.24) is 0 Å². The van der Waals surface area contributed by atoms with Gasteiger partial charge in [-0.15, -0.1) is 0 Å². The summed E-state index contributed by atoms with van der Waals surface area (Å²) in [5.74, 6) is -0.0448. The van der Waals surface area contributed by atoms with Crippen molar-refractivity contribution in [2.24, 2.45) is 5.92 Å². The van der Waals surface area contributed by atoms with Gasteiger partial charge >= 0.3 is 5.97 Å². The van der Waals surface area contributed by atoms with Gasteiger partial charge in [0.2, 0.25) is 0 Å². The second-order valence-corrected chi connectivity index (χ2v) is 5.61. The lowest BCUT2D eigenvalue weighted by atomic mass is 9.94. The molecule has 0 heterocycles. The smallest absolute Gasteiger partial charge is 0.293 e. The number of carbonyl (C=O) groups is 1. The van der Waals surface area contributed by atoms with E-state index in [2.05, 4.69) is 13.8 Å². The van der Waals surface area contributed by atoms with Crippen LogP contribution in [0.2, 0.25) is 0 Å². The summed E-state index contributed by atoms with van der Waals surface area (Å²) in [5.41, 5.74) is 0.957. The minimum Gasteiger partial charge on any atom is -0.293 e. The van der Waals surface area contributed by atoms with Crippen molar-refractivity contribution in [3.63, 3.8) is 0 Å². The van der Waals surface area contributed by atoms with Crippen LogP contribution in [0.3, 0.4) is 0 Å². The summed E-state index contributed by atoms with van der Waals surface area (Å²) in [7, 11) is 0. The zero-order valence-corrected chi connectivity index (χ0v) is 14.0. The van der Waals surface area contributed by atoms with Crippen LogP contribution in [-0.2, 0) is 14.6 Å². The highest BCUT2D eigenvalue weighted by Crippen LogP contribution is 2.20. The SMILES string of the molecule is CCCCCC(CC)C(C)OOC(=O)/C=C/c1ccccc1. The zero-order chi connectivity index (χ0) is 16.2. The molecule has 0 saturated carbocycles. The lowest BCUT2D eigenvalue weighted by Gasteiger charge is -2.20. The van der Waals surface area contributed by atoms with Crippen LogP contribution in [0.4, 0.5) is 0 Å². The Morgan fingerprint density at radius 2 is 1.91 bits per heavy atom. The molecule has 1 aromatic rings. The highest BCUT2D eigenvalue weighted by atomic mass is 17.2. The van der Waals surface area contributed by atoms with Gasteiger partial charge in [-0.2, -0.15) is 4.89 Å². The molecule has 122 valence electrons. The molecule has 0 amide bonds. The molecule has 0 N–H and O–H groups in total. The maximum Gasteiger partial charge on any atom is 0.365 e. The Balaban J connectivity index is 2.34. The topological polar surface area (TPSA) is 35.5 Å². The predicted molar refractivity (Wildman–Crippen MR) is 90.0 cm³/mol. The minimum absolute atomic E-state index is 0.0732. The fraction of sp³-hybridized carbons (Fsp3) is 0.526. The van der Waals surface area contributed by atoms with Gasteiger partial charge in [0.05, 0.1) is 0 Å². The molecule has 0 aliphatic carbocycles. The van der Waals surface area contributed by atoms with Crippen LogP contribution < -0.4 is 0 Å². The van der Waals surface area contributed by atoms with E-state index in [0.717, 1.165) is 18.4 Å². The molecule has 0 fully saturated rings. The van der Waals surface area contributed by atoms with Crippen molar-refractivity contribution in [3.05, 3.63) is 42.0 Å². The minimum atomic E-state index is -0.473. The van der Waals surface area contributed by atoms with Gasteiger partial charge in [0.15, 0.2) is 0 Å². The first-order chi connectivity index (χ1) is 10.7. The molecule has 2 unspecified atom stereocenters. The molecule has 0 bridgehead atoms. The predicted octanol–water partition coefficient (Wildman–Crippen LogP) is 5.17. The summed E-state index contributed by atoms with van der Waals surface area (Å²) < 4.78 is 0. The van der Waals surface area contributed by atoms with Crippen LogP contribution in [0.5, 0.6) is 0 Å². The Labute approximate surface area is 134 Å². The summed E-state index contributed by atoms with van der Waals surface area (Å²) in [4.78, 5) is 21.8. The zero-order valence-electron chi connectivity index (χ0n) is 14.0. The van der Waals surface area contributed by atoms with Gasteiger partial charge in [-0.3, -0.25) is 4.89 Å². The van der Waals surface area contributed by atoms with E-state index in [1.165, 1.54) is 25.3 Å². The first kappa shape index (κ1) is 18.4. The third-order valence-electron chi connectivity index (χ3n) is 3.86. The standard InChI is InChI=1S/C19H28O3/c1-4-6-8-13-18(5-2)16(3)21-22-19(20)15-14-17-11-9-7-10-12-17/h7,9-12,14-16,18H,4-6,8,13H2,1-3H3/b15-14+. The Morgan fingerprint density at radius 1 is 1.18 bits per heavy atom. The Kier molecular flexibility index (Phi) is 9.24. The van der Waals surface area contributed by atoms with Crippen molar-refractivity contribution < 1.29 is 14.6 Å². The molecule has 0 saturated heterocycles. The molecular weight excluding hydrogens is 276 g/mol. The molecule has 3 heteroatoms. The maximum atomic E-state index is 11.7. The summed E-state index contributed by atoms with van der Waals surface area (Å²) in [6.07, 6.45) is 8.83. The van der Waals surface area contributed by atoms with Gasteiger partial charge < -0.3 is 0 Å². The first-order valence-corrected chi connectivity index (χ1v) is 8.27. The lowest BCUT2D eigenvalue weighted by Crippen LogP contribution is -2.22. The van der Waals surface area contributed by atoms with Crippen molar-refractivity contribution in [1.29, 1.82) is 0 Å². The average molecular weight is 304 g/mol. The molecule has 22 heavy (non-hydrogen) atoms. The number of carbonyl (C=O) groups excluding carboxylic acids is 1. The van der Waals surface area contributed by atoms with Crippen LogP contribution in [-0.4, -0.2) is 12.1 Å². The molecule has 0 spiro atoms. The number of hydrogen-bond acceptors (Lipinski definition) is 3. The monoisotopic (exact) mass is 304 g/mol. The van der Waals surface area contributed by atoms with Gasteiger partial charge in [0.1, 0.15) is 6.10 Å². The molecule has 0 aliphatic rings. The Morgan fingerprint density at radius 3 is 2.55 bits per heavy atom. The Hall–Kier alpha value is -1.61. The average Bonchev–Trinajstić information content (AvgIpc) is 2.55. The van der Waals surface area contributed by atoms with Crippen molar-refractivity contribution in [2.75, 3.05) is 0 Å². The van der Waals surface area contributed by atoms with E-state index < -0.39 is 5.97 Å². The third kappa shape index (κ3) is 7.41. The van der Waals surface area contributed by atoms with E-state index in [-0.39, 0.29) is 6.10 Å². The lowest BCUT2D eigenvalue weighted by molar-refractivity contribution is -0.299. The second kappa shape index (κ2) is 11.0. The second-order valence-electron chi connectivity index (χ2n) is 5.61. The fourth-order valence-electron chi connectivity index (χ4n) is 2.39. The van der Waals surface area contributed by atoms with E-state index >= 15 is 0 Å². The first-order valence-electron chi connectivity index (χ1n) is 8.27. The molecule has 1 rings (SSSR count). The molecule has 0 aromatic heterocycles. The van der Waals surface area contributed by atoms with Crippen molar-refractivity contribution >= 4 is 12.0 Å². The highest BCUT2D eigenvalue weighted by Gasteiger charge is 2.18. The van der Waals surface area contributed by atoms with E-state index in [0.29, 0.717) is 5.92 Å². The highest BCUT2D eigenvalue weighted by molar-refractivity contribution is 5.86. The van der Waals surface area contributed by atoms with Crippen LogP contribution in [0.25, 0.3) is 6.08 Å². The summed E-state index contributed by atoms with van der Waals surface area (Å²) in [6, 6.07) is 9.63. The van der Waals surface area contributed by atoms with Crippen LogP contribution in [0.15, 0.2) is 36.4 Å². The van der Waals surface area contributed by atoms with Crippen LogP contribution >= 0.6 is 0 Å². The largest absolute Gasteiger partial charge is 0.365 e. The summed E-state index contributed by atoms with van der Waals surface area (Å²) in [6.45, 7) is 6.31. The number of hydrogen-bond donors (Lipinski definition) is 0. The van der Waals surface area contributed by atoms with E-state index in [1.807, 2.05) is 37.3 Å². The van der Waals surface area contributed by atoms with E-state index in [1.54, 1.807) is 6.08 Å². The molecule has 0 aliphatic heterocycles. The van der Waals surface area contributed by atoms with Crippen molar-refractivity contribution in [2.45, 2.75) is 59.0 Å². The number of benzene rings is 1. The molecule has 0 radical (unpaired) electrons. The summed E-state index contributed by atoms with van der Waals surface area (Å²) in [5, 5.41) is 0. The van der Waals surface area contributed by atoms with Gasteiger partial charge in [-0.25, -0.2) is 4.79 Å². The van der Waals surface area contributed by atoms with E-state index in [9.17, 15) is 4.79 Å². The number of rotatable bonds is 10. The summed E-state index contributed by atoms with van der Waals surface area (Å²) >= 11 is 0. The normalized spacial score (nSPS) is 14.0. The van der Waals surface area contributed by atoms with Gasteiger partial charge in [0.25, 0.3) is 0 Å². The van der Waals surface area contributed by atoms with Crippen molar-refractivity contribution in [3.8, 4) is 0 Å².